The number of aliphatic hydroxyl groups excluding tert-OH is 1. The maximum absolute atomic E-state index is 12.2. The molecule has 15 rings (SSSR count). The van der Waals surface area contributed by atoms with Crippen LogP contribution in [0.3, 0.4) is 0 Å². The summed E-state index contributed by atoms with van der Waals surface area (Å²) in [5.41, 5.74) is 8.74. The summed E-state index contributed by atoms with van der Waals surface area (Å²) in [7, 11) is 0. The number of hydrogen-bond donors (Lipinski definition) is 1. The number of aryl methyl sites for hydroxylation is 4. The molecule has 23 heteroatoms. The van der Waals surface area contributed by atoms with Gasteiger partial charge in [-0.25, -0.2) is 24.9 Å². The van der Waals surface area contributed by atoms with Gasteiger partial charge in [0.2, 0.25) is 5.78 Å². The Bertz CT molecular complexity index is 4790. The van der Waals surface area contributed by atoms with Crippen molar-refractivity contribution < 1.29 is 14.7 Å². The summed E-state index contributed by atoms with van der Waals surface area (Å²) >= 11 is 8.29. The van der Waals surface area contributed by atoms with Crippen molar-refractivity contribution in [3.63, 3.8) is 0 Å². The minimum Gasteiger partial charge on any atom is -0.382 e. The van der Waals surface area contributed by atoms with E-state index in [0.717, 1.165) is 52.5 Å². The summed E-state index contributed by atoms with van der Waals surface area (Å²) in [6.07, 6.45) is 36.5. The number of nitrogens with zero attached hydrogens (tertiary/aromatic N) is 15. The molecule has 462 valence electrons. The molecule has 1 atom stereocenters. The van der Waals surface area contributed by atoms with Crippen molar-refractivity contribution in [2.24, 2.45) is 0 Å². The summed E-state index contributed by atoms with van der Waals surface area (Å²) in [6, 6.07) is 19.3. The number of imidazole rings is 5. The molecular weight excluding hydrogens is 1240 g/mol. The van der Waals surface area contributed by atoms with Crippen LogP contribution in [0, 0.1) is 27.7 Å². The fourth-order valence-corrected chi connectivity index (χ4v) is 15.6. The number of hydrogen-bond acceptors (Lipinski definition) is 18. The van der Waals surface area contributed by atoms with Crippen LogP contribution in [0.1, 0.15) is 151 Å². The Labute approximate surface area is 546 Å². The highest BCUT2D eigenvalue weighted by atomic mass is 32.1. The van der Waals surface area contributed by atoms with Gasteiger partial charge in [-0.1, -0.05) is 31.2 Å². The van der Waals surface area contributed by atoms with Crippen LogP contribution in [0.15, 0.2) is 185 Å². The van der Waals surface area contributed by atoms with Crippen LogP contribution in [0.2, 0.25) is 0 Å². The van der Waals surface area contributed by atoms with Crippen LogP contribution in [-0.4, -0.2) is 88.5 Å². The van der Waals surface area contributed by atoms with E-state index in [4.69, 9.17) is 0 Å². The Morgan fingerprint density at radius 3 is 1.25 bits per heavy atom. The summed E-state index contributed by atoms with van der Waals surface area (Å²) in [4.78, 5) is 78.0. The van der Waals surface area contributed by atoms with Gasteiger partial charge in [-0.05, 0) is 122 Å². The van der Waals surface area contributed by atoms with Gasteiger partial charge >= 0.3 is 0 Å². The molecule has 0 fully saturated rings. The molecule has 0 aliphatic heterocycles. The first-order valence-electron chi connectivity index (χ1n) is 29.2. The number of pyridine rings is 5. The van der Waals surface area contributed by atoms with Gasteiger partial charge in [0.25, 0.3) is 0 Å². The quantitative estimate of drug-likeness (QED) is 0.113. The third-order valence-corrected chi connectivity index (χ3v) is 20.7. The Morgan fingerprint density at radius 2 is 0.824 bits per heavy atom. The smallest absolute Gasteiger partial charge is 0.215 e. The molecule has 91 heavy (non-hydrogen) atoms. The van der Waals surface area contributed by atoms with E-state index in [-0.39, 0.29) is 27.8 Å². The van der Waals surface area contributed by atoms with Crippen LogP contribution in [0.4, 0.5) is 0 Å². The lowest BCUT2D eigenvalue weighted by atomic mass is 9.83. The topological polar surface area (TPSA) is 205 Å². The van der Waals surface area contributed by atoms with Crippen molar-refractivity contribution in [1.29, 1.82) is 0 Å². The second-order valence-corrected chi connectivity index (χ2v) is 29.1. The Kier molecular flexibility index (Phi) is 18.7. The molecule has 0 amide bonds. The van der Waals surface area contributed by atoms with Crippen LogP contribution < -0.4 is 0 Å². The first-order chi connectivity index (χ1) is 43.7. The first kappa shape index (κ1) is 63.5. The fraction of sp³-hybridized carbons (Fsp3) is 0.235. The summed E-state index contributed by atoms with van der Waals surface area (Å²) in [5.74, 6) is 0.0938. The summed E-state index contributed by atoms with van der Waals surface area (Å²) in [6.45, 7) is 23.2. The van der Waals surface area contributed by atoms with E-state index in [1.807, 2.05) is 114 Å². The molecule has 15 aromatic rings. The number of aromatic nitrogens is 15. The molecular formula is C68H67N15O3S5. The summed E-state index contributed by atoms with van der Waals surface area (Å²) < 4.78 is 9.97. The second kappa shape index (κ2) is 26.8. The summed E-state index contributed by atoms with van der Waals surface area (Å²) in [5, 5.41) is 10.3. The van der Waals surface area contributed by atoms with Crippen molar-refractivity contribution in [2.75, 3.05) is 0 Å². The zero-order valence-electron chi connectivity index (χ0n) is 52.1. The Morgan fingerprint density at radius 1 is 0.451 bits per heavy atom. The van der Waals surface area contributed by atoms with Gasteiger partial charge in [-0.2, -0.15) is 0 Å². The van der Waals surface area contributed by atoms with Crippen molar-refractivity contribution in [3.05, 3.63) is 266 Å². The second-order valence-electron chi connectivity index (χ2n) is 23.2. The van der Waals surface area contributed by atoms with Gasteiger partial charge in [-0.15, -0.1) is 56.7 Å². The fourth-order valence-electron chi connectivity index (χ4n) is 10.4. The van der Waals surface area contributed by atoms with Gasteiger partial charge in [-0.3, -0.25) is 56.5 Å². The van der Waals surface area contributed by atoms with Crippen LogP contribution >= 0.6 is 56.7 Å². The Balaban J connectivity index is 0.000000117. The Hall–Kier alpha value is -9.10. The highest BCUT2D eigenvalue weighted by Gasteiger charge is 2.32. The third-order valence-electron chi connectivity index (χ3n) is 15.5. The maximum atomic E-state index is 12.2. The minimum absolute atomic E-state index is 0.0811. The van der Waals surface area contributed by atoms with Crippen molar-refractivity contribution in [2.45, 2.75) is 105 Å². The van der Waals surface area contributed by atoms with Gasteiger partial charge < -0.3 is 5.11 Å². The zero-order valence-corrected chi connectivity index (χ0v) is 56.2. The predicted molar refractivity (Wildman–Crippen MR) is 364 cm³/mol. The molecule has 1 unspecified atom stereocenters. The highest BCUT2D eigenvalue weighted by molar-refractivity contribution is 7.19. The number of carbonyl (C=O) groups is 2. The number of carbonyl (C=O) groups excluding carboxylic acids is 2. The molecule has 0 aromatic carbocycles. The molecule has 0 aliphatic rings. The van der Waals surface area contributed by atoms with E-state index in [2.05, 4.69) is 145 Å². The zero-order chi connectivity index (χ0) is 64.2. The van der Waals surface area contributed by atoms with Crippen LogP contribution in [-0.2, 0) is 16.2 Å². The average molecular weight is 1300 g/mol. The molecule has 0 aliphatic carbocycles. The first-order valence-corrected chi connectivity index (χ1v) is 33.3. The highest BCUT2D eigenvalue weighted by Crippen LogP contribution is 2.39. The van der Waals surface area contributed by atoms with Crippen molar-refractivity contribution >= 4 is 92.4 Å². The van der Waals surface area contributed by atoms with E-state index in [0.29, 0.717) is 23.4 Å². The number of Topliss-reactive ketones (excluding diaryl/α,β-unsaturated/α-hetero) is 1. The molecule has 0 bridgehead atoms. The minimum atomic E-state index is -0.716. The van der Waals surface area contributed by atoms with Crippen molar-refractivity contribution in [1.82, 2.24) is 71.8 Å². The number of ketones is 2. The van der Waals surface area contributed by atoms with Crippen molar-refractivity contribution in [3.8, 4) is 0 Å². The molecule has 15 aromatic heterocycles. The van der Waals surface area contributed by atoms with E-state index < -0.39 is 6.10 Å². The molecule has 0 saturated heterocycles. The van der Waals surface area contributed by atoms with Gasteiger partial charge in [0.1, 0.15) is 73.3 Å². The monoisotopic (exact) mass is 1300 g/mol. The van der Waals surface area contributed by atoms with Gasteiger partial charge in [0.05, 0.1) is 22.0 Å². The number of fused-ring (bicyclic) bond motifs is 5. The van der Waals surface area contributed by atoms with Gasteiger partial charge in [0.15, 0.2) is 5.78 Å². The van der Waals surface area contributed by atoms with Gasteiger partial charge in [0, 0.05) is 146 Å². The predicted octanol–water partition coefficient (Wildman–Crippen LogP) is 15.1. The van der Waals surface area contributed by atoms with Crippen LogP contribution in [0.25, 0.3) is 24.2 Å². The lowest BCUT2D eigenvalue weighted by Gasteiger charge is -2.22. The average Bonchev–Trinajstić information content (AvgIpc) is 1.68. The SMILES string of the molecule is CCC(=O)c1cn2cnc(C(C)(C)c3cccnc3)c2s1.Cc1cn2cnc(C(=O)c3cccnc3)c2s1.Cc1cn2cnc(C(C)(C)c3cccnc3)c2s1.Cc1cn2cnc(C(C)(C)c3cccnc3)c2s1.Cc1cn2cnc(C(O)c3cccnc3)c2s1. The molecule has 18 nitrogen and oxygen atoms in total. The molecule has 0 radical (unpaired) electrons. The van der Waals surface area contributed by atoms with Crippen LogP contribution in [0.5, 0.6) is 0 Å². The van der Waals surface area contributed by atoms with E-state index in [9.17, 15) is 14.7 Å². The van der Waals surface area contributed by atoms with E-state index in [1.54, 1.807) is 120 Å². The maximum Gasteiger partial charge on any atom is 0.215 e. The van der Waals surface area contributed by atoms with E-state index in [1.165, 1.54) is 46.8 Å². The largest absolute Gasteiger partial charge is 0.382 e. The lowest BCUT2D eigenvalue weighted by molar-refractivity contribution is 0.0990. The molecule has 15 heterocycles. The number of aliphatic hydroxyl groups is 1. The number of thiazole rings is 5. The normalized spacial score (nSPS) is 12.0. The molecule has 1 N–H and O–H groups in total. The van der Waals surface area contributed by atoms with E-state index >= 15 is 0 Å². The lowest BCUT2D eigenvalue weighted by Crippen LogP contribution is -2.19. The molecule has 0 spiro atoms. The molecule has 0 saturated carbocycles. The number of rotatable bonds is 12. The standard InChI is InChI=1S/C16H17N3OS.2C14H15N3S.C12H11N3OS.C12H9N3OS/c1-4-12(20)13-9-19-10-18-14(15(19)21-13)16(2,3)11-6-5-7-17-8-11;2*1-10-8-17-9-16-12(13(17)18-10)14(2,3)11-5-4-6-15-7-11;2*1-8-6-15-7-14-10(12(15)17-8)11(16)9-3-2-4-13-5-9/h5-10H,4H2,1-3H3;2*4-9H,1-3H3;2-7,11,16H,1H3;2-7H,1H3. The third kappa shape index (κ3) is 13.4.